The van der Waals surface area contributed by atoms with Gasteiger partial charge < -0.3 is 4.74 Å². The number of aromatic nitrogens is 4. The van der Waals surface area contributed by atoms with E-state index in [9.17, 15) is 0 Å². The third-order valence-corrected chi connectivity index (χ3v) is 6.00. The summed E-state index contributed by atoms with van der Waals surface area (Å²) in [4.78, 5) is 10.0. The molecular weight excluding hydrogens is 324 g/mol. The number of ether oxygens (including phenoxy) is 1. The van der Waals surface area contributed by atoms with E-state index in [1.54, 1.807) is 41.5 Å². The van der Waals surface area contributed by atoms with Crippen molar-refractivity contribution in [2.24, 2.45) is 0 Å². The number of nitrogens with zero attached hydrogens (tertiary/aromatic N) is 4. The molecule has 5 nitrogen and oxygen atoms in total. The molecule has 3 aromatic heterocycles. The van der Waals surface area contributed by atoms with Crippen molar-refractivity contribution in [2.45, 2.75) is 4.34 Å². The number of fused-ring (bicyclic) bond motifs is 2. The van der Waals surface area contributed by atoms with Gasteiger partial charge in [0.2, 0.25) is 4.96 Å². The van der Waals surface area contributed by atoms with Crippen molar-refractivity contribution in [3.8, 4) is 16.5 Å². The van der Waals surface area contributed by atoms with Crippen molar-refractivity contribution < 1.29 is 4.74 Å². The van der Waals surface area contributed by atoms with E-state index in [-0.39, 0.29) is 0 Å². The number of imidazole rings is 1. The molecule has 0 spiro atoms. The third-order valence-electron chi connectivity index (χ3n) is 3.06. The van der Waals surface area contributed by atoms with Crippen LogP contribution in [0.5, 0.6) is 5.75 Å². The van der Waals surface area contributed by atoms with Crippen LogP contribution in [0.15, 0.2) is 28.7 Å². The SMILES string of the molecule is COc1cccc2sc(-c3cnc4sc(SC)nn34)nc12. The minimum Gasteiger partial charge on any atom is -0.494 e. The molecule has 4 rings (SSSR count). The van der Waals surface area contributed by atoms with Crippen LogP contribution in [0.1, 0.15) is 0 Å². The number of thiazole rings is 1. The molecule has 0 aliphatic heterocycles. The molecule has 0 saturated heterocycles. The van der Waals surface area contributed by atoms with Crippen molar-refractivity contribution in [1.29, 1.82) is 0 Å². The molecule has 4 aromatic rings. The smallest absolute Gasteiger partial charge is 0.213 e. The average Bonchev–Trinajstić information content (AvgIpc) is 3.18. The molecule has 0 atom stereocenters. The van der Waals surface area contributed by atoms with Crippen molar-refractivity contribution in [1.82, 2.24) is 19.6 Å². The minimum absolute atomic E-state index is 0.791. The number of rotatable bonds is 3. The van der Waals surface area contributed by atoms with Crippen LogP contribution in [-0.4, -0.2) is 32.9 Å². The Balaban J connectivity index is 1.93. The Labute approximate surface area is 132 Å². The Kier molecular flexibility index (Phi) is 3.09. The predicted octanol–water partition coefficient (Wildman–Crippen LogP) is 3.80. The lowest BCUT2D eigenvalue weighted by molar-refractivity contribution is 0.419. The first-order chi connectivity index (χ1) is 10.3. The molecule has 8 heteroatoms. The molecule has 106 valence electrons. The number of thioether (sulfide) groups is 1. The zero-order valence-corrected chi connectivity index (χ0v) is 13.7. The highest BCUT2D eigenvalue weighted by atomic mass is 32.2. The van der Waals surface area contributed by atoms with Crippen LogP contribution in [0, 0.1) is 0 Å². The fourth-order valence-electron chi connectivity index (χ4n) is 2.10. The summed E-state index contributed by atoms with van der Waals surface area (Å²) in [5.41, 5.74) is 1.81. The molecule has 0 unspecified atom stereocenters. The van der Waals surface area contributed by atoms with Gasteiger partial charge in [0.1, 0.15) is 22.0 Å². The van der Waals surface area contributed by atoms with E-state index in [1.807, 2.05) is 35.2 Å². The zero-order chi connectivity index (χ0) is 14.4. The summed E-state index contributed by atoms with van der Waals surface area (Å²) in [7, 11) is 1.66. The summed E-state index contributed by atoms with van der Waals surface area (Å²) >= 11 is 4.83. The first-order valence-corrected chi connectivity index (χ1v) is 8.98. The predicted molar refractivity (Wildman–Crippen MR) is 87.8 cm³/mol. The fourth-order valence-corrected chi connectivity index (χ4v) is 4.41. The molecule has 0 fully saturated rings. The number of methoxy groups -OCH3 is 1. The first kappa shape index (κ1) is 13.1. The Hall–Kier alpha value is -1.64. The van der Waals surface area contributed by atoms with Gasteiger partial charge in [-0.15, -0.1) is 16.4 Å². The van der Waals surface area contributed by atoms with Crippen LogP contribution < -0.4 is 4.74 Å². The molecular formula is C13H10N4OS3. The number of benzene rings is 1. The van der Waals surface area contributed by atoms with Crippen LogP contribution in [0.25, 0.3) is 25.9 Å². The van der Waals surface area contributed by atoms with Gasteiger partial charge in [-0.2, -0.15) is 4.52 Å². The lowest BCUT2D eigenvalue weighted by Gasteiger charge is -1.98. The highest BCUT2D eigenvalue weighted by Gasteiger charge is 2.16. The highest BCUT2D eigenvalue weighted by molar-refractivity contribution is 8.00. The molecule has 0 aliphatic rings. The Morgan fingerprint density at radius 3 is 3.00 bits per heavy atom. The molecule has 0 amide bonds. The van der Waals surface area contributed by atoms with E-state index in [1.165, 1.54) is 0 Å². The molecule has 3 heterocycles. The van der Waals surface area contributed by atoms with Gasteiger partial charge in [-0.05, 0) is 18.4 Å². The molecule has 0 radical (unpaired) electrons. The van der Waals surface area contributed by atoms with Gasteiger partial charge in [0.05, 0.1) is 18.0 Å². The van der Waals surface area contributed by atoms with Gasteiger partial charge in [-0.1, -0.05) is 29.2 Å². The normalized spacial score (nSPS) is 11.5. The summed E-state index contributed by atoms with van der Waals surface area (Å²) in [6.45, 7) is 0. The van der Waals surface area contributed by atoms with Crippen LogP contribution >= 0.6 is 34.4 Å². The molecule has 0 saturated carbocycles. The van der Waals surface area contributed by atoms with Gasteiger partial charge in [0, 0.05) is 0 Å². The number of hydrogen-bond donors (Lipinski definition) is 0. The Morgan fingerprint density at radius 1 is 1.29 bits per heavy atom. The Bertz CT molecular complexity index is 940. The van der Waals surface area contributed by atoms with E-state index in [2.05, 4.69) is 10.1 Å². The van der Waals surface area contributed by atoms with Gasteiger partial charge in [-0.25, -0.2) is 9.97 Å². The van der Waals surface area contributed by atoms with E-state index in [0.29, 0.717) is 0 Å². The van der Waals surface area contributed by atoms with Crippen LogP contribution in [-0.2, 0) is 0 Å². The van der Waals surface area contributed by atoms with Crippen molar-refractivity contribution in [2.75, 3.05) is 13.4 Å². The largest absolute Gasteiger partial charge is 0.494 e. The summed E-state index contributed by atoms with van der Waals surface area (Å²) in [6.07, 6.45) is 3.84. The summed E-state index contributed by atoms with van der Waals surface area (Å²) in [6, 6.07) is 5.95. The number of hydrogen-bond acceptors (Lipinski definition) is 7. The summed E-state index contributed by atoms with van der Waals surface area (Å²) < 4.78 is 9.33. The molecule has 0 bridgehead atoms. The maximum Gasteiger partial charge on any atom is 0.213 e. The van der Waals surface area contributed by atoms with Crippen LogP contribution in [0.2, 0.25) is 0 Å². The van der Waals surface area contributed by atoms with Gasteiger partial charge >= 0.3 is 0 Å². The second-order valence-electron chi connectivity index (χ2n) is 4.24. The summed E-state index contributed by atoms with van der Waals surface area (Å²) in [5, 5.41) is 5.45. The van der Waals surface area contributed by atoms with Crippen LogP contribution in [0.4, 0.5) is 0 Å². The second-order valence-corrected chi connectivity index (χ2v) is 7.28. The highest BCUT2D eigenvalue weighted by Crippen LogP contribution is 2.35. The first-order valence-electron chi connectivity index (χ1n) is 6.12. The quantitative estimate of drug-likeness (QED) is 0.533. The van der Waals surface area contributed by atoms with E-state index in [0.717, 1.165) is 36.0 Å². The topological polar surface area (TPSA) is 52.3 Å². The molecule has 0 N–H and O–H groups in total. The van der Waals surface area contributed by atoms with E-state index in [4.69, 9.17) is 9.72 Å². The average molecular weight is 334 g/mol. The lowest BCUT2D eigenvalue weighted by atomic mass is 10.3. The second kappa shape index (κ2) is 4.97. The molecule has 1 aromatic carbocycles. The van der Waals surface area contributed by atoms with Crippen molar-refractivity contribution in [3.05, 3.63) is 24.4 Å². The molecule has 0 aliphatic carbocycles. The van der Waals surface area contributed by atoms with Crippen molar-refractivity contribution >= 4 is 49.6 Å². The number of para-hydroxylation sites is 1. The lowest BCUT2D eigenvalue weighted by Crippen LogP contribution is -1.88. The maximum absolute atomic E-state index is 5.37. The van der Waals surface area contributed by atoms with Gasteiger partial charge in [0.15, 0.2) is 4.34 Å². The van der Waals surface area contributed by atoms with Crippen LogP contribution in [0.3, 0.4) is 0 Å². The van der Waals surface area contributed by atoms with Crippen molar-refractivity contribution in [3.63, 3.8) is 0 Å². The van der Waals surface area contributed by atoms with E-state index >= 15 is 0 Å². The zero-order valence-electron chi connectivity index (χ0n) is 11.2. The van der Waals surface area contributed by atoms with Gasteiger partial charge in [0.25, 0.3) is 0 Å². The third kappa shape index (κ3) is 2.02. The van der Waals surface area contributed by atoms with Gasteiger partial charge in [-0.3, -0.25) is 0 Å². The summed E-state index contributed by atoms with van der Waals surface area (Å²) in [5.74, 6) is 0.791. The molecule has 21 heavy (non-hydrogen) atoms. The maximum atomic E-state index is 5.37. The Morgan fingerprint density at radius 2 is 2.19 bits per heavy atom. The monoisotopic (exact) mass is 334 g/mol. The fraction of sp³-hybridized carbons (Fsp3) is 0.154. The minimum atomic E-state index is 0.791. The van der Waals surface area contributed by atoms with E-state index < -0.39 is 0 Å². The standard InChI is InChI=1S/C13H10N4OS3/c1-18-8-4-3-5-9-10(8)15-11(20-9)7-6-14-12-17(7)16-13(19-2)21-12/h3-6H,1-2H3.